The van der Waals surface area contributed by atoms with E-state index in [0.29, 0.717) is 13.2 Å². The molecular weight excluding hydrogens is 188 g/mol. The fourth-order valence-electron chi connectivity index (χ4n) is 1.28. The van der Waals surface area contributed by atoms with Gasteiger partial charge in [0.25, 0.3) is 0 Å². The molecule has 1 aromatic carbocycles. The maximum atomic E-state index is 9.20. The smallest absolute Gasteiger partial charge is 0.0719 e. The van der Waals surface area contributed by atoms with Crippen LogP contribution < -0.4 is 0 Å². The van der Waals surface area contributed by atoms with Crippen molar-refractivity contribution in [2.24, 2.45) is 0 Å². The molecule has 0 aliphatic carbocycles. The molecule has 0 unspecified atom stereocenters. The molecule has 82 valence electrons. The highest BCUT2D eigenvalue weighted by Gasteiger charge is 1.97. The molecule has 0 saturated heterocycles. The highest BCUT2D eigenvalue weighted by atomic mass is 16.5. The fourth-order valence-corrected chi connectivity index (χ4v) is 1.28. The van der Waals surface area contributed by atoms with Crippen molar-refractivity contribution < 1.29 is 9.84 Å². The Bertz CT molecular complexity index is 269. The highest BCUT2D eigenvalue weighted by molar-refractivity contribution is 5.13. The van der Waals surface area contributed by atoms with Gasteiger partial charge in [0, 0.05) is 6.61 Å². The minimum absolute atomic E-state index is 0.398. The van der Waals surface area contributed by atoms with Gasteiger partial charge in [-0.05, 0) is 18.4 Å². The van der Waals surface area contributed by atoms with E-state index in [4.69, 9.17) is 4.74 Å². The number of rotatable bonds is 7. The van der Waals surface area contributed by atoms with Crippen molar-refractivity contribution in [2.45, 2.75) is 25.6 Å². The van der Waals surface area contributed by atoms with Crippen LogP contribution in [0.25, 0.3) is 0 Å². The van der Waals surface area contributed by atoms with E-state index in [1.165, 1.54) is 5.56 Å². The summed E-state index contributed by atoms with van der Waals surface area (Å²) in [7, 11) is 0. The van der Waals surface area contributed by atoms with Crippen molar-refractivity contribution in [2.75, 3.05) is 6.61 Å². The second-order valence-corrected chi connectivity index (χ2v) is 3.48. The molecule has 1 rings (SSSR count). The maximum Gasteiger partial charge on any atom is 0.0719 e. The van der Waals surface area contributed by atoms with E-state index in [1.54, 1.807) is 6.08 Å². The number of hydrogen-bond donors (Lipinski definition) is 1. The quantitative estimate of drug-likeness (QED) is 0.548. The lowest BCUT2D eigenvalue weighted by molar-refractivity contribution is 0.106. The molecule has 0 spiro atoms. The topological polar surface area (TPSA) is 29.5 Å². The van der Waals surface area contributed by atoms with Gasteiger partial charge >= 0.3 is 0 Å². The molecule has 15 heavy (non-hydrogen) atoms. The van der Waals surface area contributed by atoms with Crippen LogP contribution in [0.15, 0.2) is 43.0 Å². The van der Waals surface area contributed by atoms with Crippen molar-refractivity contribution in [3.63, 3.8) is 0 Å². The lowest BCUT2D eigenvalue weighted by Crippen LogP contribution is -2.04. The lowest BCUT2D eigenvalue weighted by atomic mass is 10.2. The minimum atomic E-state index is -0.398. The molecule has 1 N–H and O–H groups in total. The van der Waals surface area contributed by atoms with Crippen LogP contribution in [0.5, 0.6) is 0 Å². The van der Waals surface area contributed by atoms with Crippen molar-refractivity contribution in [3.05, 3.63) is 48.6 Å². The Morgan fingerprint density at radius 1 is 1.33 bits per heavy atom. The third kappa shape index (κ3) is 5.35. The Morgan fingerprint density at radius 2 is 2.07 bits per heavy atom. The molecule has 2 heteroatoms. The van der Waals surface area contributed by atoms with Gasteiger partial charge in [-0.2, -0.15) is 0 Å². The Labute approximate surface area is 91.2 Å². The zero-order chi connectivity index (χ0) is 10.9. The van der Waals surface area contributed by atoms with Crippen molar-refractivity contribution in [1.82, 2.24) is 0 Å². The summed E-state index contributed by atoms with van der Waals surface area (Å²) in [6.45, 7) is 4.84. The van der Waals surface area contributed by atoms with Gasteiger partial charge in [-0.1, -0.05) is 36.4 Å². The third-order valence-corrected chi connectivity index (χ3v) is 2.17. The largest absolute Gasteiger partial charge is 0.389 e. The van der Waals surface area contributed by atoms with Crippen LogP contribution in [0.2, 0.25) is 0 Å². The van der Waals surface area contributed by atoms with Crippen LogP contribution in [-0.2, 0) is 11.3 Å². The fraction of sp³-hybridized carbons (Fsp3) is 0.385. The van der Waals surface area contributed by atoms with E-state index >= 15 is 0 Å². The minimum Gasteiger partial charge on any atom is -0.389 e. The van der Waals surface area contributed by atoms with Crippen LogP contribution in [0.4, 0.5) is 0 Å². The van der Waals surface area contributed by atoms with Gasteiger partial charge in [0.05, 0.1) is 12.7 Å². The number of benzene rings is 1. The molecule has 0 aliphatic rings. The molecule has 0 bridgehead atoms. The summed E-state index contributed by atoms with van der Waals surface area (Å²) in [5, 5.41) is 9.20. The summed E-state index contributed by atoms with van der Waals surface area (Å²) in [5.41, 5.74) is 1.18. The second-order valence-electron chi connectivity index (χ2n) is 3.48. The van der Waals surface area contributed by atoms with Gasteiger partial charge in [0.15, 0.2) is 0 Å². The Hall–Kier alpha value is -1.12. The molecule has 1 atom stereocenters. The zero-order valence-corrected chi connectivity index (χ0v) is 8.93. The van der Waals surface area contributed by atoms with Crippen molar-refractivity contribution in [1.29, 1.82) is 0 Å². The summed E-state index contributed by atoms with van der Waals surface area (Å²) in [5.74, 6) is 0. The van der Waals surface area contributed by atoms with E-state index in [9.17, 15) is 5.11 Å². The summed E-state index contributed by atoms with van der Waals surface area (Å²) < 4.78 is 5.47. The van der Waals surface area contributed by atoms with Gasteiger partial charge in [-0.25, -0.2) is 0 Å². The molecule has 1 aromatic rings. The monoisotopic (exact) mass is 206 g/mol. The molecule has 2 nitrogen and oxygen atoms in total. The first-order valence-electron chi connectivity index (χ1n) is 5.25. The molecule has 0 saturated carbocycles. The van der Waals surface area contributed by atoms with Crippen molar-refractivity contribution in [3.8, 4) is 0 Å². The van der Waals surface area contributed by atoms with Crippen molar-refractivity contribution >= 4 is 0 Å². The summed E-state index contributed by atoms with van der Waals surface area (Å²) in [6.07, 6.45) is 2.74. The van der Waals surface area contributed by atoms with Crippen LogP contribution >= 0.6 is 0 Å². The predicted octanol–water partition coefficient (Wildman–Crippen LogP) is 2.53. The SMILES string of the molecule is C=C[C@H](O)CCCOCc1ccccc1. The van der Waals surface area contributed by atoms with E-state index in [2.05, 4.69) is 6.58 Å². The van der Waals surface area contributed by atoms with Gasteiger partial charge in [0.1, 0.15) is 0 Å². The van der Waals surface area contributed by atoms with Gasteiger partial charge in [-0.3, -0.25) is 0 Å². The van der Waals surface area contributed by atoms with E-state index in [0.717, 1.165) is 12.8 Å². The van der Waals surface area contributed by atoms with Crippen LogP contribution in [-0.4, -0.2) is 17.8 Å². The van der Waals surface area contributed by atoms with Gasteiger partial charge in [-0.15, -0.1) is 6.58 Å². The van der Waals surface area contributed by atoms with Crippen LogP contribution in [0.3, 0.4) is 0 Å². The van der Waals surface area contributed by atoms with Crippen LogP contribution in [0, 0.1) is 0 Å². The first-order valence-corrected chi connectivity index (χ1v) is 5.25. The summed E-state index contributed by atoms with van der Waals surface area (Å²) in [4.78, 5) is 0. The highest BCUT2D eigenvalue weighted by Crippen LogP contribution is 2.03. The normalized spacial score (nSPS) is 12.3. The molecule has 0 aliphatic heterocycles. The number of hydrogen-bond acceptors (Lipinski definition) is 2. The predicted molar refractivity (Wildman–Crippen MR) is 61.5 cm³/mol. The molecule has 0 heterocycles. The van der Waals surface area contributed by atoms with Gasteiger partial charge in [0.2, 0.25) is 0 Å². The molecule has 0 fully saturated rings. The van der Waals surface area contributed by atoms with E-state index < -0.39 is 6.10 Å². The first-order chi connectivity index (χ1) is 7.33. The summed E-state index contributed by atoms with van der Waals surface area (Å²) in [6, 6.07) is 10.1. The summed E-state index contributed by atoms with van der Waals surface area (Å²) >= 11 is 0. The van der Waals surface area contributed by atoms with Gasteiger partial charge < -0.3 is 9.84 Å². The standard InChI is InChI=1S/C13H18O2/c1-2-13(14)9-6-10-15-11-12-7-4-3-5-8-12/h2-5,7-8,13-14H,1,6,9-11H2/t13-/m0/s1. The average molecular weight is 206 g/mol. The number of aliphatic hydroxyl groups excluding tert-OH is 1. The zero-order valence-electron chi connectivity index (χ0n) is 8.93. The molecule has 0 radical (unpaired) electrons. The Morgan fingerprint density at radius 3 is 2.73 bits per heavy atom. The van der Waals surface area contributed by atoms with E-state index in [1.807, 2.05) is 30.3 Å². The molecule has 0 aromatic heterocycles. The van der Waals surface area contributed by atoms with E-state index in [-0.39, 0.29) is 0 Å². The lowest BCUT2D eigenvalue weighted by Gasteiger charge is -2.06. The maximum absolute atomic E-state index is 9.20. The molecule has 0 amide bonds. The Kier molecular flexibility index (Phi) is 5.74. The second kappa shape index (κ2) is 7.21. The third-order valence-electron chi connectivity index (χ3n) is 2.17. The number of ether oxygens (including phenoxy) is 1. The van der Waals surface area contributed by atoms with Crippen LogP contribution in [0.1, 0.15) is 18.4 Å². The Balaban J connectivity index is 2.05. The first kappa shape index (κ1) is 12.0. The average Bonchev–Trinajstić information content (AvgIpc) is 2.29. The number of aliphatic hydroxyl groups is 1. The molecular formula is C13H18O2.